The van der Waals surface area contributed by atoms with Gasteiger partial charge in [-0.05, 0) is 48.1 Å². The molecule has 0 saturated heterocycles. The zero-order chi connectivity index (χ0) is 16.0. The van der Waals surface area contributed by atoms with Gasteiger partial charge >= 0.3 is 0 Å². The summed E-state index contributed by atoms with van der Waals surface area (Å²) in [5.41, 5.74) is 6.95. The lowest BCUT2D eigenvalue weighted by Gasteiger charge is -2.31. The predicted molar refractivity (Wildman–Crippen MR) is 103 cm³/mol. The van der Waals surface area contributed by atoms with E-state index in [0.717, 1.165) is 25.7 Å². The van der Waals surface area contributed by atoms with Crippen LogP contribution in [-0.4, -0.2) is 18.0 Å². The van der Waals surface area contributed by atoms with Crippen molar-refractivity contribution >= 4 is 39.7 Å². The molecule has 2 aromatic rings. The first-order valence-electron chi connectivity index (χ1n) is 8.10. The Morgan fingerprint density at radius 1 is 1.26 bits per heavy atom. The van der Waals surface area contributed by atoms with Gasteiger partial charge in [0.2, 0.25) is 5.91 Å². The summed E-state index contributed by atoms with van der Waals surface area (Å²) in [4.78, 5) is 12.2. The zero-order valence-electron chi connectivity index (χ0n) is 13.9. The van der Waals surface area contributed by atoms with Crippen molar-refractivity contribution in [3.63, 3.8) is 0 Å². The van der Waals surface area contributed by atoms with Crippen LogP contribution >= 0.6 is 23.7 Å². The second-order valence-electron chi connectivity index (χ2n) is 5.85. The molecule has 0 saturated carbocycles. The van der Waals surface area contributed by atoms with E-state index < -0.39 is 0 Å². The van der Waals surface area contributed by atoms with E-state index in [-0.39, 0.29) is 23.9 Å². The Balaban J connectivity index is 0.00000264. The molecule has 0 radical (unpaired) electrons. The van der Waals surface area contributed by atoms with Gasteiger partial charge < -0.3 is 11.1 Å². The molecule has 2 rings (SSSR count). The van der Waals surface area contributed by atoms with Crippen LogP contribution in [0.4, 0.5) is 0 Å². The average molecular weight is 355 g/mol. The molecule has 0 fully saturated rings. The number of carbonyl (C=O) groups excluding carboxylic acids is 1. The van der Waals surface area contributed by atoms with Crippen LogP contribution in [0.5, 0.6) is 0 Å². The van der Waals surface area contributed by atoms with Gasteiger partial charge in [-0.15, -0.1) is 23.7 Å². The van der Waals surface area contributed by atoms with Crippen LogP contribution in [0, 0.1) is 0 Å². The van der Waals surface area contributed by atoms with Crippen LogP contribution in [0.3, 0.4) is 0 Å². The van der Waals surface area contributed by atoms with Gasteiger partial charge in [0.05, 0.1) is 5.54 Å². The molecule has 1 heterocycles. The minimum absolute atomic E-state index is 0. The summed E-state index contributed by atoms with van der Waals surface area (Å²) in [6.45, 7) is 4.66. The van der Waals surface area contributed by atoms with E-state index in [1.54, 1.807) is 11.3 Å². The van der Waals surface area contributed by atoms with Crippen molar-refractivity contribution in [1.29, 1.82) is 0 Å². The van der Waals surface area contributed by atoms with E-state index in [4.69, 9.17) is 5.73 Å². The molecule has 0 atom stereocenters. The predicted octanol–water partition coefficient (Wildman–Crippen LogP) is 4.28. The molecular formula is C18H27ClN2OS. The number of halogens is 1. The lowest BCUT2D eigenvalue weighted by atomic mass is 9.92. The van der Waals surface area contributed by atoms with Crippen LogP contribution in [0.15, 0.2) is 29.6 Å². The molecule has 5 heteroatoms. The van der Waals surface area contributed by atoms with Crippen LogP contribution in [-0.2, 0) is 11.2 Å². The van der Waals surface area contributed by atoms with Gasteiger partial charge in [0.15, 0.2) is 0 Å². The number of hydrogen-bond donors (Lipinski definition) is 2. The van der Waals surface area contributed by atoms with Crippen molar-refractivity contribution in [3.05, 3.63) is 35.2 Å². The molecule has 0 aliphatic heterocycles. The fraction of sp³-hybridized carbons (Fsp3) is 0.500. The van der Waals surface area contributed by atoms with E-state index in [0.29, 0.717) is 13.0 Å². The van der Waals surface area contributed by atoms with Gasteiger partial charge in [-0.2, -0.15) is 0 Å². The fourth-order valence-electron chi connectivity index (χ4n) is 2.79. The molecule has 3 nitrogen and oxygen atoms in total. The normalized spacial score (nSPS) is 11.3. The van der Waals surface area contributed by atoms with Gasteiger partial charge in [0.1, 0.15) is 0 Å². The summed E-state index contributed by atoms with van der Waals surface area (Å²) < 4.78 is 1.32. The molecule has 0 aliphatic carbocycles. The number of amides is 1. The minimum Gasteiger partial charge on any atom is -0.349 e. The smallest absolute Gasteiger partial charge is 0.220 e. The number of rotatable bonds is 8. The molecule has 1 aromatic heterocycles. The Morgan fingerprint density at radius 3 is 2.61 bits per heavy atom. The van der Waals surface area contributed by atoms with Gasteiger partial charge in [0, 0.05) is 17.7 Å². The van der Waals surface area contributed by atoms with Crippen molar-refractivity contribution in [3.8, 4) is 0 Å². The van der Waals surface area contributed by atoms with Gasteiger partial charge in [-0.3, -0.25) is 4.79 Å². The maximum absolute atomic E-state index is 12.2. The van der Waals surface area contributed by atoms with Gasteiger partial charge in [0.25, 0.3) is 0 Å². The van der Waals surface area contributed by atoms with Crippen LogP contribution in [0.2, 0.25) is 0 Å². The Bertz CT molecular complexity index is 614. The first kappa shape index (κ1) is 19.9. The number of nitrogens with one attached hydrogen (secondary N) is 1. The largest absolute Gasteiger partial charge is 0.349 e. The Kier molecular flexibility index (Phi) is 8.03. The SMILES string of the molecule is CCC(CC)(CN)NC(=O)CCCc1csc2ccccc12.Cl. The highest BCUT2D eigenvalue weighted by Gasteiger charge is 2.25. The van der Waals surface area contributed by atoms with Crippen LogP contribution in [0.1, 0.15) is 45.1 Å². The summed E-state index contributed by atoms with van der Waals surface area (Å²) in [6.07, 6.45) is 4.14. The first-order valence-corrected chi connectivity index (χ1v) is 8.98. The van der Waals surface area contributed by atoms with E-state index in [2.05, 4.69) is 48.8 Å². The molecular weight excluding hydrogens is 328 g/mol. The number of carbonyl (C=O) groups is 1. The van der Waals surface area contributed by atoms with Crippen molar-refractivity contribution in [2.45, 2.75) is 51.5 Å². The second-order valence-corrected chi connectivity index (χ2v) is 6.76. The molecule has 0 bridgehead atoms. The number of thiophene rings is 1. The van der Waals surface area contributed by atoms with Crippen molar-refractivity contribution in [1.82, 2.24) is 5.32 Å². The number of nitrogens with two attached hydrogens (primary N) is 1. The van der Waals surface area contributed by atoms with E-state index in [1.807, 2.05) is 0 Å². The third kappa shape index (κ3) is 4.93. The Labute approximate surface area is 149 Å². The van der Waals surface area contributed by atoms with Gasteiger partial charge in [-0.1, -0.05) is 32.0 Å². The highest BCUT2D eigenvalue weighted by Crippen LogP contribution is 2.26. The lowest BCUT2D eigenvalue weighted by Crippen LogP contribution is -2.52. The van der Waals surface area contributed by atoms with Gasteiger partial charge in [-0.25, -0.2) is 0 Å². The Morgan fingerprint density at radius 2 is 1.96 bits per heavy atom. The molecule has 3 N–H and O–H groups in total. The Hall–Kier alpha value is -1.10. The maximum atomic E-state index is 12.2. The molecule has 1 amide bonds. The monoisotopic (exact) mass is 354 g/mol. The molecule has 0 aliphatic rings. The highest BCUT2D eigenvalue weighted by molar-refractivity contribution is 7.17. The number of benzene rings is 1. The van der Waals surface area contributed by atoms with E-state index in [1.165, 1.54) is 15.6 Å². The maximum Gasteiger partial charge on any atom is 0.220 e. The number of fused-ring (bicyclic) bond motifs is 1. The van der Waals surface area contributed by atoms with Crippen molar-refractivity contribution in [2.24, 2.45) is 5.73 Å². The lowest BCUT2D eigenvalue weighted by molar-refractivity contribution is -0.123. The van der Waals surface area contributed by atoms with Crippen LogP contribution < -0.4 is 11.1 Å². The van der Waals surface area contributed by atoms with Crippen molar-refractivity contribution in [2.75, 3.05) is 6.54 Å². The van der Waals surface area contributed by atoms with Crippen molar-refractivity contribution < 1.29 is 4.79 Å². The average Bonchev–Trinajstić information content (AvgIpc) is 2.96. The third-order valence-electron chi connectivity index (χ3n) is 4.56. The number of aryl methyl sites for hydroxylation is 1. The first-order chi connectivity index (χ1) is 10.6. The minimum atomic E-state index is -0.230. The quantitative estimate of drug-likeness (QED) is 0.743. The molecule has 1 aromatic carbocycles. The topological polar surface area (TPSA) is 55.1 Å². The molecule has 0 spiro atoms. The summed E-state index contributed by atoms with van der Waals surface area (Å²) in [5.74, 6) is 0.119. The highest BCUT2D eigenvalue weighted by atomic mass is 35.5. The summed E-state index contributed by atoms with van der Waals surface area (Å²) >= 11 is 1.78. The molecule has 128 valence electrons. The zero-order valence-corrected chi connectivity index (χ0v) is 15.6. The number of hydrogen-bond acceptors (Lipinski definition) is 3. The van der Waals surface area contributed by atoms with E-state index >= 15 is 0 Å². The summed E-state index contributed by atoms with van der Waals surface area (Å²) in [7, 11) is 0. The third-order valence-corrected chi connectivity index (χ3v) is 5.57. The summed E-state index contributed by atoms with van der Waals surface area (Å²) in [5, 5.41) is 6.67. The second kappa shape index (κ2) is 9.26. The standard InChI is InChI=1S/C18H26N2OS.ClH/c1-3-18(4-2,13-19)20-17(21)11-7-8-14-12-22-16-10-6-5-9-15(14)16;/h5-6,9-10,12H,3-4,7-8,11,13,19H2,1-2H3,(H,20,21);1H. The van der Waals surface area contributed by atoms with E-state index in [9.17, 15) is 4.79 Å². The summed E-state index contributed by atoms with van der Waals surface area (Å²) in [6, 6.07) is 8.45. The molecule has 23 heavy (non-hydrogen) atoms. The fourth-order valence-corrected chi connectivity index (χ4v) is 3.79. The van der Waals surface area contributed by atoms with Crippen LogP contribution in [0.25, 0.3) is 10.1 Å². The molecule has 0 unspecified atom stereocenters.